The summed E-state index contributed by atoms with van der Waals surface area (Å²) in [6.07, 6.45) is 9.06. The lowest BCUT2D eigenvalue weighted by molar-refractivity contribution is -0.128. The highest BCUT2D eigenvalue weighted by Crippen LogP contribution is 2.39. The molecular weight excluding hydrogens is 274 g/mol. The average Bonchev–Trinajstić information content (AvgIpc) is 3.09. The molecule has 4 nitrogen and oxygen atoms in total. The molecule has 0 spiro atoms. The number of amides is 1. The van der Waals surface area contributed by atoms with Gasteiger partial charge in [-0.1, -0.05) is 49.6 Å². The minimum atomic E-state index is -0.344. The average molecular weight is 297 g/mol. The van der Waals surface area contributed by atoms with Crippen LogP contribution in [-0.2, 0) is 16.8 Å². The molecule has 1 N–H and O–H groups in total. The van der Waals surface area contributed by atoms with Crippen molar-refractivity contribution in [2.45, 2.75) is 44.1 Å². The monoisotopic (exact) mass is 297 g/mol. The Morgan fingerprint density at radius 2 is 1.91 bits per heavy atom. The standard InChI is InChI=1S/C18H23N3O/c22-17(19-13-15-21-14-7-12-20-21)18(10-5-2-6-11-18)16-8-3-1-4-9-16/h1,3-4,7-9,12,14H,2,5-6,10-11,13,15H2,(H,19,22). The number of hydrogen-bond donors (Lipinski definition) is 1. The molecule has 0 radical (unpaired) electrons. The molecule has 2 aromatic rings. The number of hydrogen-bond acceptors (Lipinski definition) is 2. The molecule has 0 atom stereocenters. The maximum absolute atomic E-state index is 12.9. The number of carbonyl (C=O) groups is 1. The van der Waals surface area contributed by atoms with Crippen LogP contribution in [0.5, 0.6) is 0 Å². The van der Waals surface area contributed by atoms with Crippen molar-refractivity contribution >= 4 is 5.91 Å². The largest absolute Gasteiger partial charge is 0.353 e. The van der Waals surface area contributed by atoms with Gasteiger partial charge in [-0.05, 0) is 24.5 Å². The minimum absolute atomic E-state index is 0.172. The van der Waals surface area contributed by atoms with Crippen LogP contribution in [0.1, 0.15) is 37.7 Å². The molecule has 1 aliphatic rings. The van der Waals surface area contributed by atoms with Gasteiger partial charge >= 0.3 is 0 Å². The van der Waals surface area contributed by atoms with E-state index in [9.17, 15) is 4.79 Å². The zero-order chi connectivity index (χ0) is 15.3. The molecule has 1 heterocycles. The van der Waals surface area contributed by atoms with Gasteiger partial charge in [0.1, 0.15) is 0 Å². The van der Waals surface area contributed by atoms with Crippen LogP contribution in [0, 0.1) is 0 Å². The first-order valence-electron chi connectivity index (χ1n) is 8.12. The van der Waals surface area contributed by atoms with Crippen LogP contribution < -0.4 is 5.32 Å². The number of rotatable bonds is 5. The molecule has 1 saturated carbocycles. The summed E-state index contributed by atoms with van der Waals surface area (Å²) < 4.78 is 1.84. The zero-order valence-corrected chi connectivity index (χ0v) is 12.9. The highest BCUT2D eigenvalue weighted by atomic mass is 16.2. The van der Waals surface area contributed by atoms with Crippen molar-refractivity contribution in [3.8, 4) is 0 Å². The van der Waals surface area contributed by atoms with Crippen molar-refractivity contribution in [3.05, 3.63) is 54.4 Å². The number of aromatic nitrogens is 2. The molecule has 3 rings (SSSR count). The van der Waals surface area contributed by atoms with Gasteiger partial charge in [0, 0.05) is 18.9 Å². The van der Waals surface area contributed by atoms with Gasteiger partial charge in [-0.25, -0.2) is 0 Å². The summed E-state index contributed by atoms with van der Waals surface area (Å²) in [5.74, 6) is 0.172. The summed E-state index contributed by atoms with van der Waals surface area (Å²) >= 11 is 0. The van der Waals surface area contributed by atoms with Crippen LogP contribution in [0.2, 0.25) is 0 Å². The van der Waals surface area contributed by atoms with Crippen LogP contribution in [0.4, 0.5) is 0 Å². The van der Waals surface area contributed by atoms with Gasteiger partial charge in [-0.2, -0.15) is 5.10 Å². The predicted octanol–water partition coefficient (Wildman–Crippen LogP) is 2.90. The summed E-state index contributed by atoms with van der Waals surface area (Å²) in [4.78, 5) is 12.9. The molecule has 4 heteroatoms. The third-order valence-corrected chi connectivity index (χ3v) is 4.65. The molecule has 1 aromatic carbocycles. The summed E-state index contributed by atoms with van der Waals surface area (Å²) in [6, 6.07) is 12.2. The molecule has 0 saturated heterocycles. The van der Waals surface area contributed by atoms with E-state index >= 15 is 0 Å². The van der Waals surface area contributed by atoms with E-state index in [1.807, 2.05) is 35.1 Å². The summed E-state index contributed by atoms with van der Waals surface area (Å²) in [7, 11) is 0. The van der Waals surface area contributed by atoms with Gasteiger partial charge in [-0.3, -0.25) is 9.48 Å². The van der Waals surface area contributed by atoms with Crippen molar-refractivity contribution < 1.29 is 4.79 Å². The second-order valence-corrected chi connectivity index (χ2v) is 6.03. The van der Waals surface area contributed by atoms with Crippen molar-refractivity contribution in [2.75, 3.05) is 6.54 Å². The molecule has 0 bridgehead atoms. The third-order valence-electron chi connectivity index (χ3n) is 4.65. The van der Waals surface area contributed by atoms with Crippen molar-refractivity contribution in [1.82, 2.24) is 15.1 Å². The van der Waals surface area contributed by atoms with E-state index in [0.29, 0.717) is 13.1 Å². The Bertz CT molecular complexity index is 586. The highest BCUT2D eigenvalue weighted by molar-refractivity contribution is 5.88. The quantitative estimate of drug-likeness (QED) is 0.922. The fourth-order valence-electron chi connectivity index (χ4n) is 3.45. The molecular formula is C18H23N3O. The predicted molar refractivity (Wildman–Crippen MR) is 86.4 cm³/mol. The summed E-state index contributed by atoms with van der Waals surface area (Å²) in [5.41, 5.74) is 0.815. The van der Waals surface area contributed by atoms with E-state index in [1.54, 1.807) is 6.20 Å². The zero-order valence-electron chi connectivity index (χ0n) is 12.9. The molecule has 1 fully saturated rings. The Morgan fingerprint density at radius 3 is 2.59 bits per heavy atom. The Kier molecular flexibility index (Phi) is 4.56. The first kappa shape index (κ1) is 14.8. The van der Waals surface area contributed by atoms with Crippen LogP contribution in [0.25, 0.3) is 0 Å². The van der Waals surface area contributed by atoms with Crippen LogP contribution in [0.3, 0.4) is 0 Å². The number of nitrogens with one attached hydrogen (secondary N) is 1. The summed E-state index contributed by atoms with van der Waals surface area (Å²) in [6.45, 7) is 1.33. The molecule has 1 aromatic heterocycles. The van der Waals surface area contributed by atoms with Crippen LogP contribution in [0.15, 0.2) is 48.8 Å². The first-order chi connectivity index (χ1) is 10.8. The van der Waals surface area contributed by atoms with E-state index in [-0.39, 0.29) is 11.3 Å². The van der Waals surface area contributed by atoms with Crippen LogP contribution >= 0.6 is 0 Å². The Balaban J connectivity index is 1.70. The SMILES string of the molecule is O=C(NCCn1cccn1)C1(c2ccccc2)CCCCC1. The normalized spacial score (nSPS) is 17.1. The fraction of sp³-hybridized carbons (Fsp3) is 0.444. The Labute approximate surface area is 131 Å². The topological polar surface area (TPSA) is 46.9 Å². The lowest BCUT2D eigenvalue weighted by Gasteiger charge is -2.36. The molecule has 0 unspecified atom stereocenters. The minimum Gasteiger partial charge on any atom is -0.353 e. The molecule has 22 heavy (non-hydrogen) atoms. The van der Waals surface area contributed by atoms with Gasteiger partial charge in [0.2, 0.25) is 5.91 Å². The number of carbonyl (C=O) groups excluding carboxylic acids is 1. The van der Waals surface area contributed by atoms with Crippen molar-refractivity contribution in [3.63, 3.8) is 0 Å². The smallest absolute Gasteiger partial charge is 0.230 e. The van der Waals surface area contributed by atoms with Gasteiger partial charge < -0.3 is 5.32 Å². The Hall–Kier alpha value is -2.10. The van der Waals surface area contributed by atoms with E-state index in [1.165, 1.54) is 6.42 Å². The molecule has 1 amide bonds. The fourth-order valence-corrected chi connectivity index (χ4v) is 3.45. The molecule has 116 valence electrons. The second kappa shape index (κ2) is 6.77. The first-order valence-corrected chi connectivity index (χ1v) is 8.12. The van der Waals surface area contributed by atoms with Crippen molar-refractivity contribution in [2.24, 2.45) is 0 Å². The van der Waals surface area contributed by atoms with Gasteiger partial charge in [0.05, 0.1) is 12.0 Å². The summed E-state index contributed by atoms with van der Waals surface area (Å²) in [5, 5.41) is 7.30. The van der Waals surface area contributed by atoms with Gasteiger partial charge in [0.25, 0.3) is 0 Å². The maximum Gasteiger partial charge on any atom is 0.230 e. The number of nitrogens with zero attached hydrogens (tertiary/aromatic N) is 2. The van der Waals surface area contributed by atoms with Crippen LogP contribution in [-0.4, -0.2) is 22.2 Å². The lowest BCUT2D eigenvalue weighted by Crippen LogP contribution is -2.46. The van der Waals surface area contributed by atoms with E-state index in [4.69, 9.17) is 0 Å². The maximum atomic E-state index is 12.9. The van der Waals surface area contributed by atoms with Crippen molar-refractivity contribution in [1.29, 1.82) is 0 Å². The second-order valence-electron chi connectivity index (χ2n) is 6.03. The molecule has 0 aliphatic heterocycles. The lowest BCUT2D eigenvalue weighted by atomic mass is 9.68. The molecule has 1 aliphatic carbocycles. The third kappa shape index (κ3) is 3.06. The van der Waals surface area contributed by atoms with E-state index in [2.05, 4.69) is 22.5 Å². The number of benzene rings is 1. The Morgan fingerprint density at radius 1 is 1.14 bits per heavy atom. The highest BCUT2D eigenvalue weighted by Gasteiger charge is 2.40. The van der Waals surface area contributed by atoms with Gasteiger partial charge in [-0.15, -0.1) is 0 Å². The van der Waals surface area contributed by atoms with E-state index in [0.717, 1.165) is 31.2 Å². The van der Waals surface area contributed by atoms with Gasteiger partial charge in [0.15, 0.2) is 0 Å². The van der Waals surface area contributed by atoms with E-state index < -0.39 is 0 Å².